The maximum Gasteiger partial charge on any atom is 0.165 e. The highest BCUT2D eigenvalue weighted by Crippen LogP contribution is 2.41. The second kappa shape index (κ2) is 8.61. The van der Waals surface area contributed by atoms with E-state index in [0.29, 0.717) is 0 Å². The second-order valence-corrected chi connectivity index (χ2v) is 9.74. The third kappa shape index (κ3) is 3.42. The number of aromatic nitrogens is 4. The van der Waals surface area contributed by atoms with E-state index in [1.165, 1.54) is 32.7 Å². The van der Waals surface area contributed by atoms with Gasteiger partial charge in [0.1, 0.15) is 5.69 Å². The first-order valence-corrected chi connectivity index (χ1v) is 13.0. The Morgan fingerprint density at radius 3 is 2.05 bits per heavy atom. The molecule has 0 fully saturated rings. The van der Waals surface area contributed by atoms with Gasteiger partial charge in [0.2, 0.25) is 0 Å². The molecular formula is C35H22N4. The topological polar surface area (TPSA) is 43.6 Å². The molecule has 0 bridgehead atoms. The van der Waals surface area contributed by atoms with E-state index in [9.17, 15) is 0 Å². The van der Waals surface area contributed by atoms with Gasteiger partial charge in [0.15, 0.2) is 5.82 Å². The van der Waals surface area contributed by atoms with Gasteiger partial charge >= 0.3 is 0 Å². The summed E-state index contributed by atoms with van der Waals surface area (Å²) in [5, 5.41) is 4.79. The molecule has 0 saturated heterocycles. The molecule has 0 spiro atoms. The third-order valence-corrected chi connectivity index (χ3v) is 7.44. The number of pyridine rings is 1. The van der Waals surface area contributed by atoms with Crippen molar-refractivity contribution in [1.82, 2.24) is 19.5 Å². The zero-order valence-electron chi connectivity index (χ0n) is 21.0. The minimum absolute atomic E-state index is 0.794. The van der Waals surface area contributed by atoms with Crippen LogP contribution >= 0.6 is 0 Å². The van der Waals surface area contributed by atoms with Crippen LogP contribution in [0.25, 0.3) is 71.8 Å². The van der Waals surface area contributed by atoms with E-state index in [0.717, 1.165) is 39.1 Å². The van der Waals surface area contributed by atoms with Crippen molar-refractivity contribution in [1.29, 1.82) is 0 Å². The van der Waals surface area contributed by atoms with Crippen LogP contribution in [0, 0.1) is 0 Å². The highest BCUT2D eigenvalue weighted by atomic mass is 15.1. The highest BCUT2D eigenvalue weighted by Gasteiger charge is 2.21. The van der Waals surface area contributed by atoms with Crippen molar-refractivity contribution in [2.24, 2.45) is 0 Å². The Balaban J connectivity index is 1.58. The quantitative estimate of drug-likeness (QED) is 0.245. The number of para-hydroxylation sites is 2. The normalized spacial score (nSPS) is 11.6. The lowest BCUT2D eigenvalue weighted by molar-refractivity contribution is 1.08. The zero-order chi connectivity index (χ0) is 25.8. The number of hydrogen-bond acceptors (Lipinski definition) is 3. The van der Waals surface area contributed by atoms with Gasteiger partial charge in [-0.3, -0.25) is 9.55 Å². The summed E-state index contributed by atoms with van der Waals surface area (Å²) in [4.78, 5) is 14.8. The fourth-order valence-electron chi connectivity index (χ4n) is 5.68. The summed E-state index contributed by atoms with van der Waals surface area (Å²) in [6.07, 6.45) is 3.65. The Kier molecular flexibility index (Phi) is 4.79. The van der Waals surface area contributed by atoms with Crippen molar-refractivity contribution in [3.63, 3.8) is 0 Å². The molecule has 8 rings (SSSR count). The van der Waals surface area contributed by atoms with Crippen LogP contribution in [0.3, 0.4) is 0 Å². The summed E-state index contributed by atoms with van der Waals surface area (Å²) in [6.45, 7) is 0. The van der Waals surface area contributed by atoms with Crippen LogP contribution in [0.5, 0.6) is 0 Å². The Hall–Kier alpha value is -5.35. The molecule has 8 aromatic rings. The lowest BCUT2D eigenvalue weighted by Gasteiger charge is -2.14. The van der Waals surface area contributed by atoms with Crippen molar-refractivity contribution in [2.45, 2.75) is 0 Å². The maximum absolute atomic E-state index is 5.25. The van der Waals surface area contributed by atoms with Crippen molar-refractivity contribution in [3.05, 3.63) is 134 Å². The molecule has 3 heterocycles. The van der Waals surface area contributed by atoms with Crippen molar-refractivity contribution in [3.8, 4) is 28.2 Å². The zero-order valence-corrected chi connectivity index (χ0v) is 21.0. The monoisotopic (exact) mass is 498 g/mol. The van der Waals surface area contributed by atoms with Crippen LogP contribution in [0.15, 0.2) is 134 Å². The molecule has 0 aliphatic rings. The molecule has 4 nitrogen and oxygen atoms in total. The molecule has 39 heavy (non-hydrogen) atoms. The largest absolute Gasteiger partial charge is 0.292 e. The number of rotatable bonds is 3. The van der Waals surface area contributed by atoms with E-state index in [-0.39, 0.29) is 0 Å². The predicted octanol–water partition coefficient (Wildman–Crippen LogP) is 8.61. The minimum atomic E-state index is 0.794. The average molecular weight is 499 g/mol. The van der Waals surface area contributed by atoms with Crippen LogP contribution in [0.4, 0.5) is 0 Å². The van der Waals surface area contributed by atoms with E-state index in [2.05, 4.69) is 94.5 Å². The second-order valence-electron chi connectivity index (χ2n) is 9.74. The van der Waals surface area contributed by atoms with E-state index < -0.39 is 0 Å². The molecule has 0 saturated carbocycles. The molecule has 3 aromatic heterocycles. The van der Waals surface area contributed by atoms with Crippen molar-refractivity contribution in [2.75, 3.05) is 0 Å². The molecule has 0 aliphatic carbocycles. The van der Waals surface area contributed by atoms with Gasteiger partial charge in [-0.2, -0.15) is 0 Å². The number of benzene rings is 5. The summed E-state index contributed by atoms with van der Waals surface area (Å²) < 4.78 is 2.28. The first-order chi connectivity index (χ1) is 19.3. The van der Waals surface area contributed by atoms with Crippen LogP contribution in [-0.4, -0.2) is 19.5 Å². The van der Waals surface area contributed by atoms with Crippen molar-refractivity contribution < 1.29 is 0 Å². The smallest absolute Gasteiger partial charge is 0.165 e. The van der Waals surface area contributed by atoms with E-state index in [4.69, 9.17) is 9.97 Å². The van der Waals surface area contributed by atoms with Gasteiger partial charge in [0.05, 0.1) is 22.1 Å². The lowest BCUT2D eigenvalue weighted by Crippen LogP contribution is -2.03. The molecule has 0 N–H and O–H groups in total. The van der Waals surface area contributed by atoms with Gasteiger partial charge < -0.3 is 0 Å². The van der Waals surface area contributed by atoms with Gasteiger partial charge in [-0.15, -0.1) is 0 Å². The van der Waals surface area contributed by atoms with Crippen LogP contribution < -0.4 is 0 Å². The Morgan fingerprint density at radius 2 is 1.26 bits per heavy atom. The fourth-order valence-corrected chi connectivity index (χ4v) is 5.68. The summed E-state index contributed by atoms with van der Waals surface area (Å²) in [5.74, 6) is 0.794. The lowest BCUT2D eigenvalue weighted by atomic mass is 9.98. The van der Waals surface area contributed by atoms with Gasteiger partial charge in [0, 0.05) is 28.7 Å². The van der Waals surface area contributed by atoms with Crippen LogP contribution in [0.2, 0.25) is 0 Å². The molecule has 0 aliphatic heterocycles. The van der Waals surface area contributed by atoms with Crippen LogP contribution in [-0.2, 0) is 0 Å². The molecular weight excluding hydrogens is 476 g/mol. The Labute approximate surface area is 224 Å². The van der Waals surface area contributed by atoms with Gasteiger partial charge in [-0.05, 0) is 64.4 Å². The summed E-state index contributed by atoms with van der Waals surface area (Å²) >= 11 is 0. The van der Waals surface area contributed by atoms with Crippen molar-refractivity contribution >= 4 is 43.6 Å². The number of hydrogen-bond donors (Lipinski definition) is 0. The molecule has 0 amide bonds. The van der Waals surface area contributed by atoms with Gasteiger partial charge in [-0.1, -0.05) is 78.9 Å². The van der Waals surface area contributed by atoms with E-state index >= 15 is 0 Å². The number of nitrogens with zero attached hydrogens (tertiary/aromatic N) is 4. The molecule has 5 aromatic carbocycles. The molecule has 0 unspecified atom stereocenters. The molecule has 182 valence electrons. The SMILES string of the molecule is c1ccc(-c2cccc3c2c2cc4ccccc4cc2n3-c2nc3ccccc3nc2-c2cccnc2)cc1. The third-order valence-electron chi connectivity index (χ3n) is 7.44. The average Bonchev–Trinajstić information content (AvgIpc) is 3.33. The Bertz CT molecular complexity index is 2160. The summed E-state index contributed by atoms with van der Waals surface area (Å²) in [7, 11) is 0. The van der Waals surface area contributed by atoms with E-state index in [1.54, 1.807) is 6.20 Å². The molecule has 0 radical (unpaired) electrons. The maximum atomic E-state index is 5.25. The first kappa shape index (κ1) is 21.7. The minimum Gasteiger partial charge on any atom is -0.292 e. The predicted molar refractivity (Wildman–Crippen MR) is 160 cm³/mol. The standard InChI is InChI=1S/C35H22N4/c1-2-10-23(11-3-1)27-15-8-18-31-33(27)28-20-24-12-4-5-13-25(24)21-32(28)39(31)35-34(26-14-9-19-36-22-26)37-29-16-6-7-17-30(29)38-35/h1-22H. The molecule has 0 atom stereocenters. The number of fused-ring (bicyclic) bond motifs is 5. The van der Waals surface area contributed by atoms with E-state index in [1.807, 2.05) is 42.6 Å². The summed E-state index contributed by atoms with van der Waals surface area (Å²) in [5.41, 5.74) is 8.03. The summed E-state index contributed by atoms with van der Waals surface area (Å²) in [6, 6.07) is 42.3. The fraction of sp³-hybridized carbons (Fsp3) is 0. The first-order valence-electron chi connectivity index (χ1n) is 13.0. The van der Waals surface area contributed by atoms with Crippen LogP contribution in [0.1, 0.15) is 0 Å². The highest BCUT2D eigenvalue weighted by molar-refractivity contribution is 6.18. The Morgan fingerprint density at radius 1 is 0.538 bits per heavy atom. The van der Waals surface area contributed by atoms with Gasteiger partial charge in [0.25, 0.3) is 0 Å². The van der Waals surface area contributed by atoms with Gasteiger partial charge in [-0.25, -0.2) is 9.97 Å². The molecule has 4 heteroatoms.